The maximum atomic E-state index is 3.54. The van der Waals surface area contributed by atoms with Crippen LogP contribution < -0.4 is 5.32 Å². The van der Waals surface area contributed by atoms with Gasteiger partial charge in [0.2, 0.25) is 0 Å². The van der Waals surface area contributed by atoms with Crippen LogP contribution in [0.1, 0.15) is 46.0 Å². The van der Waals surface area contributed by atoms with Gasteiger partial charge in [-0.25, -0.2) is 0 Å². The Morgan fingerprint density at radius 3 is 2.69 bits per heavy atom. The molecular formula is C14H28N2. The van der Waals surface area contributed by atoms with Crippen LogP contribution in [0.25, 0.3) is 0 Å². The fraction of sp³-hybridized carbons (Fsp3) is 1.00. The van der Waals surface area contributed by atoms with Gasteiger partial charge in [0.1, 0.15) is 0 Å². The summed E-state index contributed by atoms with van der Waals surface area (Å²) in [5, 5.41) is 3.54. The van der Waals surface area contributed by atoms with Crippen molar-refractivity contribution in [3.05, 3.63) is 0 Å². The Kier molecular flexibility index (Phi) is 4.66. The van der Waals surface area contributed by atoms with Crippen molar-refractivity contribution in [2.75, 3.05) is 26.2 Å². The van der Waals surface area contributed by atoms with E-state index in [-0.39, 0.29) is 0 Å². The van der Waals surface area contributed by atoms with Crippen LogP contribution in [0.15, 0.2) is 0 Å². The highest BCUT2D eigenvalue weighted by atomic mass is 15.2. The van der Waals surface area contributed by atoms with E-state index in [9.17, 15) is 0 Å². The molecule has 0 aromatic heterocycles. The van der Waals surface area contributed by atoms with Crippen LogP contribution in [0.2, 0.25) is 0 Å². The van der Waals surface area contributed by atoms with Crippen molar-refractivity contribution in [1.82, 2.24) is 10.2 Å². The Morgan fingerprint density at radius 1 is 1.25 bits per heavy atom. The maximum absolute atomic E-state index is 3.54. The molecule has 2 rings (SSSR count). The second-order valence-electron chi connectivity index (χ2n) is 5.87. The Hall–Kier alpha value is -0.0800. The number of rotatable bonds is 4. The summed E-state index contributed by atoms with van der Waals surface area (Å²) in [4.78, 5) is 2.75. The summed E-state index contributed by atoms with van der Waals surface area (Å²) >= 11 is 0. The first-order chi connectivity index (χ1) is 7.79. The van der Waals surface area contributed by atoms with Crippen LogP contribution in [-0.2, 0) is 0 Å². The second-order valence-corrected chi connectivity index (χ2v) is 5.87. The fourth-order valence-electron chi connectivity index (χ4n) is 3.46. The first-order valence-corrected chi connectivity index (χ1v) is 7.24. The van der Waals surface area contributed by atoms with Crippen molar-refractivity contribution in [3.63, 3.8) is 0 Å². The van der Waals surface area contributed by atoms with Gasteiger partial charge in [0.05, 0.1) is 0 Å². The monoisotopic (exact) mass is 224 g/mol. The predicted octanol–water partition coefficient (Wildman–Crippen LogP) is 2.50. The van der Waals surface area contributed by atoms with E-state index in [1.807, 2.05) is 0 Å². The minimum atomic E-state index is 0.891. The van der Waals surface area contributed by atoms with Crippen LogP contribution in [0, 0.1) is 11.8 Å². The fourth-order valence-corrected chi connectivity index (χ4v) is 3.46. The Balaban J connectivity index is 1.80. The van der Waals surface area contributed by atoms with Crippen molar-refractivity contribution in [2.24, 2.45) is 11.8 Å². The van der Waals surface area contributed by atoms with E-state index in [1.165, 1.54) is 58.3 Å². The molecule has 1 aliphatic heterocycles. The van der Waals surface area contributed by atoms with E-state index in [4.69, 9.17) is 0 Å². The SMILES string of the molecule is CCN(CC1CCCNC1)C1CCC(C)C1. The summed E-state index contributed by atoms with van der Waals surface area (Å²) < 4.78 is 0. The Bertz CT molecular complexity index is 199. The molecule has 0 radical (unpaired) electrons. The smallest absolute Gasteiger partial charge is 0.00979 e. The van der Waals surface area contributed by atoms with Crippen molar-refractivity contribution in [1.29, 1.82) is 0 Å². The largest absolute Gasteiger partial charge is 0.316 e. The third-order valence-corrected chi connectivity index (χ3v) is 4.48. The van der Waals surface area contributed by atoms with Crippen LogP contribution in [-0.4, -0.2) is 37.1 Å². The number of hydrogen-bond donors (Lipinski definition) is 1. The predicted molar refractivity (Wildman–Crippen MR) is 69.6 cm³/mol. The van der Waals surface area contributed by atoms with Gasteiger partial charge in [-0.05, 0) is 63.6 Å². The summed E-state index contributed by atoms with van der Waals surface area (Å²) in [6, 6.07) is 0.891. The molecule has 3 unspecified atom stereocenters. The molecular weight excluding hydrogens is 196 g/mol. The van der Waals surface area contributed by atoms with Gasteiger partial charge < -0.3 is 10.2 Å². The highest BCUT2D eigenvalue weighted by Gasteiger charge is 2.27. The summed E-state index contributed by atoms with van der Waals surface area (Å²) in [6.45, 7) is 9.81. The maximum Gasteiger partial charge on any atom is 0.00979 e. The molecule has 2 aliphatic rings. The van der Waals surface area contributed by atoms with Gasteiger partial charge in [0.15, 0.2) is 0 Å². The first kappa shape index (κ1) is 12.4. The number of piperidine rings is 1. The topological polar surface area (TPSA) is 15.3 Å². The van der Waals surface area contributed by atoms with E-state index >= 15 is 0 Å². The van der Waals surface area contributed by atoms with Gasteiger partial charge in [-0.2, -0.15) is 0 Å². The summed E-state index contributed by atoms with van der Waals surface area (Å²) in [5.41, 5.74) is 0. The van der Waals surface area contributed by atoms with Crippen molar-refractivity contribution >= 4 is 0 Å². The minimum Gasteiger partial charge on any atom is -0.316 e. The molecule has 0 aromatic rings. The highest BCUT2D eigenvalue weighted by molar-refractivity contribution is 4.83. The van der Waals surface area contributed by atoms with Crippen LogP contribution in [0.4, 0.5) is 0 Å². The Labute approximate surface area is 101 Å². The standard InChI is InChI=1S/C14H28N2/c1-3-16(14-7-6-12(2)9-14)11-13-5-4-8-15-10-13/h12-15H,3-11H2,1-2H3. The molecule has 0 aromatic carbocycles. The quantitative estimate of drug-likeness (QED) is 0.789. The van der Waals surface area contributed by atoms with Gasteiger partial charge in [-0.15, -0.1) is 0 Å². The van der Waals surface area contributed by atoms with Gasteiger partial charge in [-0.3, -0.25) is 0 Å². The van der Waals surface area contributed by atoms with Gasteiger partial charge in [0, 0.05) is 12.6 Å². The van der Waals surface area contributed by atoms with E-state index in [1.54, 1.807) is 0 Å². The molecule has 2 nitrogen and oxygen atoms in total. The average molecular weight is 224 g/mol. The zero-order valence-electron chi connectivity index (χ0n) is 11.0. The molecule has 1 N–H and O–H groups in total. The summed E-state index contributed by atoms with van der Waals surface area (Å²) in [5.74, 6) is 1.87. The molecule has 16 heavy (non-hydrogen) atoms. The normalized spacial score (nSPS) is 35.8. The zero-order chi connectivity index (χ0) is 11.4. The first-order valence-electron chi connectivity index (χ1n) is 7.24. The molecule has 1 saturated carbocycles. The summed E-state index contributed by atoms with van der Waals surface area (Å²) in [6.07, 6.45) is 7.14. The number of nitrogens with zero attached hydrogens (tertiary/aromatic N) is 1. The second kappa shape index (κ2) is 6.02. The van der Waals surface area contributed by atoms with Crippen LogP contribution in [0.3, 0.4) is 0 Å². The number of nitrogens with one attached hydrogen (secondary N) is 1. The zero-order valence-corrected chi connectivity index (χ0v) is 11.0. The van der Waals surface area contributed by atoms with E-state index in [0.717, 1.165) is 17.9 Å². The molecule has 0 bridgehead atoms. The lowest BCUT2D eigenvalue weighted by molar-refractivity contribution is 0.160. The molecule has 3 atom stereocenters. The molecule has 2 heteroatoms. The average Bonchev–Trinajstić information content (AvgIpc) is 2.74. The van der Waals surface area contributed by atoms with E-state index in [2.05, 4.69) is 24.1 Å². The van der Waals surface area contributed by atoms with Gasteiger partial charge in [-0.1, -0.05) is 13.8 Å². The van der Waals surface area contributed by atoms with E-state index in [0.29, 0.717) is 0 Å². The molecule has 2 fully saturated rings. The third-order valence-electron chi connectivity index (χ3n) is 4.48. The number of hydrogen-bond acceptors (Lipinski definition) is 2. The Morgan fingerprint density at radius 2 is 2.12 bits per heavy atom. The molecule has 0 amide bonds. The lowest BCUT2D eigenvalue weighted by atomic mass is 9.98. The third kappa shape index (κ3) is 3.21. The molecule has 1 aliphatic carbocycles. The van der Waals surface area contributed by atoms with E-state index < -0.39 is 0 Å². The van der Waals surface area contributed by atoms with Gasteiger partial charge in [0.25, 0.3) is 0 Å². The minimum absolute atomic E-state index is 0.891. The van der Waals surface area contributed by atoms with Crippen LogP contribution in [0.5, 0.6) is 0 Å². The molecule has 0 spiro atoms. The lowest BCUT2D eigenvalue weighted by Gasteiger charge is -2.33. The van der Waals surface area contributed by atoms with Crippen LogP contribution >= 0.6 is 0 Å². The molecule has 94 valence electrons. The summed E-state index contributed by atoms with van der Waals surface area (Å²) in [7, 11) is 0. The highest BCUT2D eigenvalue weighted by Crippen LogP contribution is 2.29. The van der Waals surface area contributed by atoms with Crippen molar-refractivity contribution in [2.45, 2.75) is 52.0 Å². The lowest BCUT2D eigenvalue weighted by Crippen LogP contribution is -2.42. The van der Waals surface area contributed by atoms with Gasteiger partial charge >= 0.3 is 0 Å². The molecule has 1 heterocycles. The molecule has 1 saturated heterocycles. The van der Waals surface area contributed by atoms with Crippen molar-refractivity contribution < 1.29 is 0 Å². The van der Waals surface area contributed by atoms with Crippen molar-refractivity contribution in [3.8, 4) is 0 Å².